The summed E-state index contributed by atoms with van der Waals surface area (Å²) in [6.07, 6.45) is 0. The van der Waals surface area contributed by atoms with Gasteiger partial charge in [-0.2, -0.15) is 10.5 Å². The lowest BCUT2D eigenvalue weighted by Crippen LogP contribution is -2.08. The normalized spacial score (nSPS) is 11.7. The molecule has 10 rings (SSSR count). The van der Waals surface area contributed by atoms with E-state index in [0.29, 0.717) is 33.6 Å². The van der Waals surface area contributed by atoms with Crippen molar-refractivity contribution in [2.75, 3.05) is 0 Å². The number of fused-ring (bicyclic) bond motifs is 9. The van der Waals surface area contributed by atoms with E-state index in [2.05, 4.69) is 134 Å². The Kier molecular flexibility index (Phi) is 6.50. The molecule has 0 aliphatic heterocycles. The van der Waals surface area contributed by atoms with Crippen molar-refractivity contribution in [2.24, 2.45) is 0 Å². The molecule has 3 heterocycles. The number of furan rings is 1. The molecule has 0 N–H and O–H groups in total. The number of aryl methyl sites for hydroxylation is 4. The number of nitrogens with zero attached hydrogens (tertiary/aromatic N) is 4. The smallest absolute Gasteiger partial charge is 0.143 e. The summed E-state index contributed by atoms with van der Waals surface area (Å²) in [5, 5.41) is 29.1. The maximum absolute atomic E-state index is 11.5. The van der Waals surface area contributed by atoms with Crippen LogP contribution in [0.3, 0.4) is 0 Å². The molecule has 0 saturated heterocycles. The average Bonchev–Trinajstić information content (AvgIpc) is 3.81. The summed E-state index contributed by atoms with van der Waals surface area (Å²) in [5.74, 6) is 0. The van der Waals surface area contributed by atoms with Crippen molar-refractivity contribution in [1.82, 2.24) is 9.13 Å². The van der Waals surface area contributed by atoms with Crippen molar-refractivity contribution in [3.8, 4) is 34.6 Å². The van der Waals surface area contributed by atoms with Crippen LogP contribution in [0.5, 0.6) is 0 Å². The molecule has 0 amide bonds. The Balaban J connectivity index is 1.45. The predicted molar refractivity (Wildman–Crippen MR) is 216 cm³/mol. The largest absolute Gasteiger partial charge is 0.455 e. The highest BCUT2D eigenvalue weighted by Crippen LogP contribution is 2.46. The minimum atomic E-state index is 0.455. The van der Waals surface area contributed by atoms with E-state index in [0.717, 1.165) is 87.8 Å². The van der Waals surface area contributed by atoms with Gasteiger partial charge < -0.3 is 13.6 Å². The average molecular weight is 681 g/mol. The highest BCUT2D eigenvalue weighted by Gasteiger charge is 2.28. The van der Waals surface area contributed by atoms with Gasteiger partial charge in [0.25, 0.3) is 0 Å². The lowest BCUT2D eigenvalue weighted by atomic mass is 9.91. The summed E-state index contributed by atoms with van der Waals surface area (Å²) in [6, 6.07) is 47.1. The van der Waals surface area contributed by atoms with Crippen molar-refractivity contribution in [1.29, 1.82) is 10.5 Å². The maximum Gasteiger partial charge on any atom is 0.143 e. The zero-order chi connectivity index (χ0) is 36.1. The van der Waals surface area contributed by atoms with E-state index >= 15 is 0 Å². The fourth-order valence-electron chi connectivity index (χ4n) is 8.47. The van der Waals surface area contributed by atoms with Gasteiger partial charge in [0.2, 0.25) is 0 Å². The molecule has 5 nitrogen and oxygen atoms in total. The third-order valence-electron chi connectivity index (χ3n) is 10.8. The lowest BCUT2D eigenvalue weighted by Gasteiger charge is -2.21. The Hall–Kier alpha value is -7.08. The van der Waals surface area contributed by atoms with Crippen molar-refractivity contribution >= 4 is 65.6 Å². The summed E-state index contributed by atoms with van der Waals surface area (Å²) in [4.78, 5) is 0. The first kappa shape index (κ1) is 30.7. The summed E-state index contributed by atoms with van der Waals surface area (Å²) < 4.78 is 11.0. The molecule has 0 aliphatic carbocycles. The van der Waals surface area contributed by atoms with E-state index in [4.69, 9.17) is 4.42 Å². The molecule has 0 radical (unpaired) electrons. The van der Waals surface area contributed by atoms with E-state index in [1.54, 1.807) is 0 Å². The van der Waals surface area contributed by atoms with Crippen LogP contribution < -0.4 is 0 Å². The molecule has 0 fully saturated rings. The molecule has 0 aliphatic rings. The van der Waals surface area contributed by atoms with Gasteiger partial charge in [0, 0.05) is 43.4 Å². The van der Waals surface area contributed by atoms with E-state index in [1.165, 1.54) is 0 Å². The number of hydrogen-bond donors (Lipinski definition) is 0. The Morgan fingerprint density at radius 1 is 0.491 bits per heavy atom. The number of aromatic nitrogens is 2. The zero-order valence-corrected chi connectivity index (χ0v) is 29.7. The number of rotatable bonds is 3. The summed E-state index contributed by atoms with van der Waals surface area (Å²) in [5.41, 5.74) is 13.5. The molecule has 0 spiro atoms. The van der Waals surface area contributed by atoms with Gasteiger partial charge in [-0.15, -0.1) is 0 Å². The van der Waals surface area contributed by atoms with Gasteiger partial charge in [-0.25, -0.2) is 0 Å². The van der Waals surface area contributed by atoms with Gasteiger partial charge in [-0.05, 0) is 88.4 Å². The molecule has 7 aromatic carbocycles. The summed E-state index contributed by atoms with van der Waals surface area (Å²) in [7, 11) is 0. The SMILES string of the molecule is Cc1ccc2c(c1)c1cc(C)ccc1n2-c1cc(C#N)c(-n2c3ccc(C)cc3c3cc(C)ccc32)c(-c2cccc3c2oc2ccccc23)c1C#N. The Labute approximate surface area is 305 Å². The van der Waals surface area contributed by atoms with Crippen molar-refractivity contribution in [2.45, 2.75) is 27.7 Å². The van der Waals surface area contributed by atoms with Crippen molar-refractivity contribution in [3.05, 3.63) is 155 Å². The fraction of sp³-hybridized carbons (Fsp3) is 0.0833. The maximum atomic E-state index is 11.5. The van der Waals surface area contributed by atoms with Crippen LogP contribution in [0.1, 0.15) is 33.4 Å². The molecule has 10 aromatic rings. The Bertz CT molecular complexity index is 3180. The van der Waals surface area contributed by atoms with Crippen LogP contribution in [-0.4, -0.2) is 9.13 Å². The second-order valence-electron chi connectivity index (χ2n) is 14.3. The number of benzene rings is 7. The molecule has 5 heteroatoms. The van der Waals surface area contributed by atoms with Crippen LogP contribution >= 0.6 is 0 Å². The predicted octanol–water partition coefficient (Wildman–Crippen LogP) is 12.4. The first-order valence-corrected chi connectivity index (χ1v) is 17.8. The van der Waals surface area contributed by atoms with Gasteiger partial charge in [0.15, 0.2) is 0 Å². The molecule has 0 bridgehead atoms. The molecule has 0 saturated carbocycles. The Morgan fingerprint density at radius 3 is 1.53 bits per heavy atom. The van der Waals surface area contributed by atoms with E-state index in [-0.39, 0.29) is 0 Å². The number of hydrogen-bond acceptors (Lipinski definition) is 3. The van der Waals surface area contributed by atoms with Crippen LogP contribution in [0, 0.1) is 50.4 Å². The van der Waals surface area contributed by atoms with Gasteiger partial charge in [-0.1, -0.05) is 82.9 Å². The van der Waals surface area contributed by atoms with E-state index < -0.39 is 0 Å². The second kappa shape index (κ2) is 11.2. The number of para-hydroxylation sites is 2. The second-order valence-corrected chi connectivity index (χ2v) is 14.3. The molecule has 0 atom stereocenters. The minimum absolute atomic E-state index is 0.455. The first-order valence-electron chi connectivity index (χ1n) is 17.8. The van der Waals surface area contributed by atoms with Crippen LogP contribution in [0.2, 0.25) is 0 Å². The third kappa shape index (κ3) is 4.35. The fourth-order valence-corrected chi connectivity index (χ4v) is 8.47. The molecule has 3 aromatic heterocycles. The van der Waals surface area contributed by atoms with Crippen LogP contribution in [0.4, 0.5) is 0 Å². The molecule has 250 valence electrons. The quantitative estimate of drug-likeness (QED) is 0.186. The molecular formula is C48H32N4O. The van der Waals surface area contributed by atoms with Crippen molar-refractivity contribution in [3.63, 3.8) is 0 Å². The van der Waals surface area contributed by atoms with Crippen LogP contribution in [0.25, 0.3) is 88.1 Å². The first-order chi connectivity index (χ1) is 25.8. The lowest BCUT2D eigenvalue weighted by molar-refractivity contribution is 0.670. The topological polar surface area (TPSA) is 70.6 Å². The van der Waals surface area contributed by atoms with Gasteiger partial charge >= 0.3 is 0 Å². The highest BCUT2D eigenvalue weighted by atomic mass is 16.3. The Morgan fingerprint density at radius 2 is 1.00 bits per heavy atom. The highest BCUT2D eigenvalue weighted by molar-refractivity contribution is 6.15. The van der Waals surface area contributed by atoms with Gasteiger partial charge in [0.1, 0.15) is 23.3 Å². The molecule has 53 heavy (non-hydrogen) atoms. The van der Waals surface area contributed by atoms with Gasteiger partial charge in [-0.3, -0.25) is 0 Å². The number of nitriles is 2. The van der Waals surface area contributed by atoms with E-state index in [1.807, 2.05) is 36.4 Å². The third-order valence-corrected chi connectivity index (χ3v) is 10.8. The van der Waals surface area contributed by atoms with Crippen LogP contribution in [0.15, 0.2) is 126 Å². The minimum Gasteiger partial charge on any atom is -0.455 e. The van der Waals surface area contributed by atoms with Crippen LogP contribution in [-0.2, 0) is 0 Å². The molecule has 0 unspecified atom stereocenters. The van der Waals surface area contributed by atoms with E-state index in [9.17, 15) is 10.5 Å². The van der Waals surface area contributed by atoms with Crippen molar-refractivity contribution < 1.29 is 4.42 Å². The molecular weight excluding hydrogens is 649 g/mol. The monoisotopic (exact) mass is 680 g/mol. The summed E-state index contributed by atoms with van der Waals surface area (Å²) in [6.45, 7) is 8.40. The standard InChI is InChI=1S/C48H32N4O/c1-27-12-16-40-35(20-27)36-21-28(2)13-17-41(36)51(40)44-24-31(25-49)47(52-42-18-14-29(3)22-37(42)38-23-30(4)15-19-43(38)52)46(39(44)26-50)34-10-7-9-33-32-8-5-6-11-45(32)53-48(33)34/h5-24H,1-4H3. The zero-order valence-electron chi connectivity index (χ0n) is 29.7. The van der Waals surface area contributed by atoms with Gasteiger partial charge in [0.05, 0.1) is 44.6 Å². The summed E-state index contributed by atoms with van der Waals surface area (Å²) >= 11 is 0.